The topological polar surface area (TPSA) is 64.6 Å². The lowest BCUT2D eigenvalue weighted by Gasteiger charge is -2.36. The Bertz CT molecular complexity index is 777. The van der Waals surface area contributed by atoms with Crippen molar-refractivity contribution in [3.05, 3.63) is 71.8 Å². The summed E-state index contributed by atoms with van der Waals surface area (Å²) in [4.78, 5) is 24.3. The van der Waals surface area contributed by atoms with E-state index in [1.54, 1.807) is 0 Å². The van der Waals surface area contributed by atoms with Gasteiger partial charge in [0.25, 0.3) is 0 Å². The van der Waals surface area contributed by atoms with Gasteiger partial charge in [-0.05, 0) is 24.5 Å². The minimum absolute atomic E-state index is 0.00636. The van der Waals surface area contributed by atoms with Gasteiger partial charge in [0.1, 0.15) is 12.2 Å². The average molecular weight is 367 g/mol. The van der Waals surface area contributed by atoms with Gasteiger partial charge in [-0.2, -0.15) is 0 Å². The van der Waals surface area contributed by atoms with Crippen LogP contribution in [0.15, 0.2) is 60.7 Å². The largest absolute Gasteiger partial charge is 0.457 e. The number of hydrogen-bond donors (Lipinski definition) is 1. The fourth-order valence-corrected chi connectivity index (χ4v) is 3.41. The fraction of sp³-hybridized carbons (Fsp3) is 0.364. The summed E-state index contributed by atoms with van der Waals surface area (Å²) in [5.41, 5.74) is 1.19. The number of cyclic esters (lactones) is 1. The summed E-state index contributed by atoms with van der Waals surface area (Å²) >= 11 is 0. The van der Waals surface area contributed by atoms with Crippen LogP contribution in [0.1, 0.15) is 31.4 Å². The molecule has 0 unspecified atom stereocenters. The van der Waals surface area contributed by atoms with Crippen molar-refractivity contribution in [2.75, 3.05) is 0 Å². The summed E-state index contributed by atoms with van der Waals surface area (Å²) < 4.78 is 11.0. The first-order chi connectivity index (χ1) is 13.0. The van der Waals surface area contributed by atoms with E-state index in [1.807, 2.05) is 74.5 Å². The highest BCUT2D eigenvalue weighted by atomic mass is 16.6. The molecule has 27 heavy (non-hydrogen) atoms. The monoisotopic (exact) mass is 367 g/mol. The van der Waals surface area contributed by atoms with Crippen LogP contribution >= 0.6 is 0 Å². The Morgan fingerprint density at radius 1 is 1.15 bits per heavy atom. The highest BCUT2D eigenvalue weighted by Crippen LogP contribution is 2.36. The Kier molecular flexibility index (Phi) is 5.79. The standard InChI is InChI=1S/C22H25NO4/c1-16-13-20(24)27-22(16,2)19(14-17-9-5-3-6-10-17)23-21(25)26-15-18-11-7-4-8-12-18/h3-12,16,19H,13-15H2,1-2H3,(H,23,25)/t16-,19+,22+/m0/s1. The van der Waals surface area contributed by atoms with Crippen LogP contribution in [-0.4, -0.2) is 23.7 Å². The van der Waals surface area contributed by atoms with E-state index in [0.29, 0.717) is 12.8 Å². The molecule has 1 aliphatic rings. The third-order valence-corrected chi connectivity index (χ3v) is 5.26. The molecule has 3 rings (SSSR count). The number of hydrogen-bond acceptors (Lipinski definition) is 4. The van der Waals surface area contributed by atoms with Gasteiger partial charge < -0.3 is 14.8 Å². The summed E-state index contributed by atoms with van der Waals surface area (Å²) in [5.74, 6) is -0.240. The molecule has 0 aromatic heterocycles. The van der Waals surface area contributed by atoms with Crippen LogP contribution < -0.4 is 5.32 Å². The second-order valence-electron chi connectivity index (χ2n) is 7.21. The van der Waals surface area contributed by atoms with Crippen molar-refractivity contribution < 1.29 is 19.1 Å². The lowest BCUT2D eigenvalue weighted by molar-refractivity contribution is -0.150. The van der Waals surface area contributed by atoms with E-state index < -0.39 is 11.7 Å². The molecule has 1 heterocycles. The number of esters is 1. The molecular weight excluding hydrogens is 342 g/mol. The van der Waals surface area contributed by atoms with Crippen molar-refractivity contribution >= 4 is 12.1 Å². The Hall–Kier alpha value is -2.82. The van der Waals surface area contributed by atoms with Crippen LogP contribution in [0, 0.1) is 5.92 Å². The number of nitrogens with one attached hydrogen (secondary N) is 1. The molecule has 1 aliphatic heterocycles. The van der Waals surface area contributed by atoms with Gasteiger partial charge in [0.2, 0.25) is 0 Å². The maximum absolute atomic E-state index is 12.4. The smallest absolute Gasteiger partial charge is 0.407 e. The molecule has 2 aromatic rings. The number of carbonyl (C=O) groups is 2. The van der Waals surface area contributed by atoms with Crippen LogP contribution in [0.25, 0.3) is 0 Å². The van der Waals surface area contributed by atoms with Crippen LogP contribution in [0.5, 0.6) is 0 Å². The Morgan fingerprint density at radius 2 is 1.74 bits per heavy atom. The number of alkyl carbamates (subject to hydrolysis) is 1. The molecule has 0 aliphatic carbocycles. The summed E-state index contributed by atoms with van der Waals surface area (Å²) in [6.07, 6.45) is 0.383. The van der Waals surface area contributed by atoms with Gasteiger partial charge in [-0.25, -0.2) is 4.79 Å². The van der Waals surface area contributed by atoms with Gasteiger partial charge in [-0.1, -0.05) is 67.6 Å². The second-order valence-corrected chi connectivity index (χ2v) is 7.21. The van der Waals surface area contributed by atoms with Crippen molar-refractivity contribution in [3.8, 4) is 0 Å². The zero-order chi connectivity index (χ0) is 19.3. The first kappa shape index (κ1) is 19.0. The number of ether oxygens (including phenoxy) is 2. The van der Waals surface area contributed by atoms with E-state index >= 15 is 0 Å². The van der Waals surface area contributed by atoms with Crippen molar-refractivity contribution in [1.29, 1.82) is 0 Å². The molecule has 5 nitrogen and oxygen atoms in total. The van der Waals surface area contributed by atoms with Crippen LogP contribution in [0.3, 0.4) is 0 Å². The summed E-state index contributed by atoms with van der Waals surface area (Å²) in [5, 5.41) is 2.93. The van der Waals surface area contributed by atoms with E-state index in [-0.39, 0.29) is 24.5 Å². The molecular formula is C22H25NO4. The molecule has 5 heteroatoms. The van der Waals surface area contributed by atoms with E-state index in [1.165, 1.54) is 0 Å². The molecule has 1 amide bonds. The molecule has 3 atom stereocenters. The minimum atomic E-state index is -0.779. The SMILES string of the molecule is C[C@H]1CC(=O)O[C@@]1(C)[C@@H](Cc1ccccc1)NC(=O)OCc1ccccc1. The van der Waals surface area contributed by atoms with Crippen LogP contribution in [0.2, 0.25) is 0 Å². The quantitative estimate of drug-likeness (QED) is 0.788. The summed E-state index contributed by atoms with van der Waals surface area (Å²) in [6.45, 7) is 4.05. The van der Waals surface area contributed by atoms with Gasteiger partial charge >= 0.3 is 12.1 Å². The maximum atomic E-state index is 12.4. The Morgan fingerprint density at radius 3 is 2.30 bits per heavy atom. The van der Waals surface area contributed by atoms with Crippen LogP contribution in [0.4, 0.5) is 4.79 Å². The predicted octanol–water partition coefficient (Wildman–Crippen LogP) is 3.87. The third-order valence-electron chi connectivity index (χ3n) is 5.26. The molecule has 0 spiro atoms. The zero-order valence-corrected chi connectivity index (χ0v) is 15.7. The second kappa shape index (κ2) is 8.25. The number of amides is 1. The minimum Gasteiger partial charge on any atom is -0.457 e. The van der Waals surface area contributed by atoms with Gasteiger partial charge in [0.05, 0.1) is 12.5 Å². The zero-order valence-electron chi connectivity index (χ0n) is 15.7. The molecule has 1 fully saturated rings. The van der Waals surface area contributed by atoms with Gasteiger partial charge in [-0.15, -0.1) is 0 Å². The van der Waals surface area contributed by atoms with E-state index in [4.69, 9.17) is 9.47 Å². The lowest BCUT2D eigenvalue weighted by Crippen LogP contribution is -2.54. The molecule has 142 valence electrons. The number of benzene rings is 2. The molecule has 1 N–H and O–H groups in total. The first-order valence-corrected chi connectivity index (χ1v) is 9.20. The Balaban J connectivity index is 1.71. The number of carbonyl (C=O) groups excluding carboxylic acids is 2. The molecule has 2 aromatic carbocycles. The van der Waals surface area contributed by atoms with E-state index in [0.717, 1.165) is 11.1 Å². The normalized spacial score (nSPS) is 22.7. The summed E-state index contributed by atoms with van der Waals surface area (Å²) in [7, 11) is 0. The molecule has 0 saturated carbocycles. The third kappa shape index (κ3) is 4.67. The van der Waals surface area contributed by atoms with Crippen LogP contribution in [-0.2, 0) is 27.3 Å². The summed E-state index contributed by atoms with van der Waals surface area (Å²) in [6, 6.07) is 19.0. The fourth-order valence-electron chi connectivity index (χ4n) is 3.41. The van der Waals surface area contributed by atoms with Gasteiger partial charge in [-0.3, -0.25) is 4.79 Å². The predicted molar refractivity (Wildman–Crippen MR) is 102 cm³/mol. The first-order valence-electron chi connectivity index (χ1n) is 9.20. The molecule has 1 saturated heterocycles. The van der Waals surface area contributed by atoms with Gasteiger partial charge in [0.15, 0.2) is 0 Å². The lowest BCUT2D eigenvalue weighted by atomic mass is 9.81. The van der Waals surface area contributed by atoms with Gasteiger partial charge in [0, 0.05) is 5.92 Å². The van der Waals surface area contributed by atoms with Crippen molar-refractivity contribution in [2.45, 2.75) is 44.9 Å². The highest BCUT2D eigenvalue weighted by Gasteiger charge is 2.49. The van der Waals surface area contributed by atoms with Crippen molar-refractivity contribution in [2.24, 2.45) is 5.92 Å². The molecule has 0 bridgehead atoms. The Labute approximate surface area is 159 Å². The highest BCUT2D eigenvalue weighted by molar-refractivity contribution is 5.73. The van der Waals surface area contributed by atoms with Crippen molar-refractivity contribution in [3.63, 3.8) is 0 Å². The van der Waals surface area contributed by atoms with E-state index in [9.17, 15) is 9.59 Å². The maximum Gasteiger partial charge on any atom is 0.407 e. The molecule has 0 radical (unpaired) electrons. The number of rotatable bonds is 6. The average Bonchev–Trinajstić information content (AvgIpc) is 2.94. The van der Waals surface area contributed by atoms with Crippen molar-refractivity contribution in [1.82, 2.24) is 5.32 Å². The van der Waals surface area contributed by atoms with E-state index in [2.05, 4.69) is 5.32 Å².